The minimum atomic E-state index is 0.379. The zero-order valence-corrected chi connectivity index (χ0v) is 13.7. The van der Waals surface area contributed by atoms with Gasteiger partial charge in [-0.25, -0.2) is 4.98 Å². The minimum absolute atomic E-state index is 0.379. The van der Waals surface area contributed by atoms with Crippen LogP contribution in [0.3, 0.4) is 0 Å². The van der Waals surface area contributed by atoms with Crippen molar-refractivity contribution in [2.24, 2.45) is 0 Å². The summed E-state index contributed by atoms with van der Waals surface area (Å²) in [5, 5.41) is 6.73. The van der Waals surface area contributed by atoms with Crippen LogP contribution >= 0.6 is 11.3 Å². The van der Waals surface area contributed by atoms with Crippen molar-refractivity contribution in [2.75, 3.05) is 24.6 Å². The molecule has 20 heavy (non-hydrogen) atoms. The zero-order valence-electron chi connectivity index (χ0n) is 12.9. The van der Waals surface area contributed by atoms with Crippen molar-refractivity contribution < 1.29 is 4.74 Å². The molecule has 1 aromatic heterocycles. The van der Waals surface area contributed by atoms with Gasteiger partial charge < -0.3 is 15.0 Å². The maximum Gasteiger partial charge on any atom is 0.185 e. The van der Waals surface area contributed by atoms with E-state index in [1.54, 1.807) is 11.3 Å². The molecule has 0 aliphatic carbocycles. The first-order valence-electron chi connectivity index (χ1n) is 7.73. The van der Waals surface area contributed by atoms with Crippen LogP contribution in [0.25, 0.3) is 0 Å². The maximum absolute atomic E-state index is 5.89. The topological polar surface area (TPSA) is 37.4 Å². The molecule has 1 saturated heterocycles. The van der Waals surface area contributed by atoms with Crippen molar-refractivity contribution in [3.63, 3.8) is 0 Å². The molecule has 0 amide bonds. The number of anilines is 1. The summed E-state index contributed by atoms with van der Waals surface area (Å²) < 4.78 is 5.89. The number of rotatable bonds is 7. The van der Waals surface area contributed by atoms with Crippen molar-refractivity contribution in [2.45, 2.75) is 58.7 Å². The monoisotopic (exact) mass is 297 g/mol. The van der Waals surface area contributed by atoms with Crippen LogP contribution in [0, 0.1) is 0 Å². The molecule has 0 aromatic carbocycles. The van der Waals surface area contributed by atoms with Crippen LogP contribution in [-0.2, 0) is 11.3 Å². The van der Waals surface area contributed by atoms with Gasteiger partial charge in [-0.1, -0.05) is 20.8 Å². The molecule has 1 atom stereocenters. The molecule has 1 N–H and O–H groups in total. The summed E-state index contributed by atoms with van der Waals surface area (Å²) in [6.07, 6.45) is 3.86. The molecule has 1 aliphatic rings. The highest BCUT2D eigenvalue weighted by molar-refractivity contribution is 7.13. The fourth-order valence-corrected chi connectivity index (χ4v) is 3.23. The van der Waals surface area contributed by atoms with E-state index in [0.717, 1.165) is 43.5 Å². The van der Waals surface area contributed by atoms with E-state index < -0.39 is 0 Å². The summed E-state index contributed by atoms with van der Waals surface area (Å²) in [5.41, 5.74) is 1.15. The molecule has 1 fully saturated rings. The van der Waals surface area contributed by atoms with Gasteiger partial charge in [0, 0.05) is 37.7 Å². The normalized spacial score (nSPS) is 19.8. The number of aromatic nitrogens is 1. The summed E-state index contributed by atoms with van der Waals surface area (Å²) in [6.45, 7) is 10.3. The first-order chi connectivity index (χ1) is 9.69. The van der Waals surface area contributed by atoms with Crippen molar-refractivity contribution >= 4 is 16.5 Å². The SMILES string of the molecule is CCCOC1CCCN(c2nc(CNC(C)C)cs2)C1. The van der Waals surface area contributed by atoms with Crippen molar-refractivity contribution in [3.8, 4) is 0 Å². The minimum Gasteiger partial charge on any atom is -0.376 e. The number of piperidine rings is 1. The van der Waals surface area contributed by atoms with Gasteiger partial charge in [0.05, 0.1) is 11.8 Å². The Morgan fingerprint density at radius 3 is 3.15 bits per heavy atom. The first-order valence-corrected chi connectivity index (χ1v) is 8.61. The summed E-state index contributed by atoms with van der Waals surface area (Å²) >= 11 is 1.75. The zero-order chi connectivity index (χ0) is 14.4. The van der Waals surface area contributed by atoms with Crippen LogP contribution in [0.15, 0.2) is 5.38 Å². The molecule has 0 saturated carbocycles. The van der Waals surface area contributed by atoms with Gasteiger partial charge in [0.25, 0.3) is 0 Å². The predicted molar refractivity (Wildman–Crippen MR) is 85.6 cm³/mol. The summed E-state index contributed by atoms with van der Waals surface area (Å²) in [5.74, 6) is 0. The van der Waals surface area contributed by atoms with Gasteiger partial charge >= 0.3 is 0 Å². The van der Waals surface area contributed by atoms with Crippen LogP contribution in [-0.4, -0.2) is 36.8 Å². The lowest BCUT2D eigenvalue weighted by atomic mass is 10.1. The Morgan fingerprint density at radius 1 is 1.55 bits per heavy atom. The summed E-state index contributed by atoms with van der Waals surface area (Å²) in [7, 11) is 0. The van der Waals surface area contributed by atoms with Crippen molar-refractivity contribution in [1.29, 1.82) is 0 Å². The maximum atomic E-state index is 5.89. The van der Waals surface area contributed by atoms with Crippen LogP contribution in [0.4, 0.5) is 5.13 Å². The van der Waals surface area contributed by atoms with E-state index in [1.807, 2.05) is 0 Å². The van der Waals surface area contributed by atoms with E-state index in [2.05, 4.69) is 36.4 Å². The molecule has 2 rings (SSSR count). The van der Waals surface area contributed by atoms with Gasteiger partial charge in [0.1, 0.15) is 0 Å². The van der Waals surface area contributed by atoms with Gasteiger partial charge in [-0.05, 0) is 19.3 Å². The molecule has 5 heteroatoms. The fraction of sp³-hybridized carbons (Fsp3) is 0.800. The predicted octanol–water partition coefficient (Wildman–Crippen LogP) is 3.04. The Balaban J connectivity index is 1.87. The van der Waals surface area contributed by atoms with E-state index in [1.165, 1.54) is 12.8 Å². The van der Waals surface area contributed by atoms with Crippen LogP contribution in [0.1, 0.15) is 45.7 Å². The average molecular weight is 297 g/mol. The van der Waals surface area contributed by atoms with Gasteiger partial charge in [-0.2, -0.15) is 0 Å². The van der Waals surface area contributed by atoms with Crippen molar-refractivity contribution in [1.82, 2.24) is 10.3 Å². The average Bonchev–Trinajstić information content (AvgIpc) is 2.92. The fourth-order valence-electron chi connectivity index (χ4n) is 2.36. The molecule has 114 valence electrons. The Morgan fingerprint density at radius 2 is 2.40 bits per heavy atom. The number of nitrogens with zero attached hydrogens (tertiary/aromatic N) is 2. The molecular formula is C15H27N3OS. The molecule has 1 unspecified atom stereocenters. The summed E-state index contributed by atoms with van der Waals surface area (Å²) in [6, 6.07) is 0.502. The second kappa shape index (κ2) is 7.96. The second-order valence-corrected chi connectivity index (χ2v) is 6.57. The molecule has 1 aliphatic heterocycles. The highest BCUT2D eigenvalue weighted by atomic mass is 32.1. The van der Waals surface area contributed by atoms with Gasteiger partial charge in [0.2, 0.25) is 0 Å². The number of hydrogen-bond acceptors (Lipinski definition) is 5. The molecule has 0 radical (unpaired) electrons. The van der Waals surface area contributed by atoms with Gasteiger partial charge in [-0.15, -0.1) is 11.3 Å². The Hall–Kier alpha value is -0.650. The van der Waals surface area contributed by atoms with Gasteiger partial charge in [-0.3, -0.25) is 0 Å². The Labute approximate surface area is 126 Å². The molecule has 1 aromatic rings. The number of nitrogens with one attached hydrogen (secondary N) is 1. The highest BCUT2D eigenvalue weighted by Gasteiger charge is 2.22. The van der Waals surface area contributed by atoms with Crippen LogP contribution in [0.2, 0.25) is 0 Å². The smallest absolute Gasteiger partial charge is 0.185 e. The number of thiazole rings is 1. The molecule has 0 bridgehead atoms. The summed E-state index contributed by atoms with van der Waals surface area (Å²) in [4.78, 5) is 7.13. The van der Waals surface area contributed by atoms with E-state index >= 15 is 0 Å². The third-order valence-corrected chi connectivity index (χ3v) is 4.39. The van der Waals surface area contributed by atoms with E-state index in [0.29, 0.717) is 12.1 Å². The van der Waals surface area contributed by atoms with Crippen LogP contribution < -0.4 is 10.2 Å². The molecule has 4 nitrogen and oxygen atoms in total. The third-order valence-electron chi connectivity index (χ3n) is 3.44. The van der Waals surface area contributed by atoms with E-state index in [-0.39, 0.29) is 0 Å². The first kappa shape index (κ1) is 15.7. The van der Waals surface area contributed by atoms with E-state index in [4.69, 9.17) is 9.72 Å². The third kappa shape index (κ3) is 4.72. The lowest BCUT2D eigenvalue weighted by Crippen LogP contribution is -2.39. The van der Waals surface area contributed by atoms with Crippen LogP contribution in [0.5, 0.6) is 0 Å². The Kier molecular flexibility index (Phi) is 6.26. The molecule has 2 heterocycles. The molecular weight excluding hydrogens is 270 g/mol. The number of ether oxygens (including phenoxy) is 1. The number of hydrogen-bond donors (Lipinski definition) is 1. The highest BCUT2D eigenvalue weighted by Crippen LogP contribution is 2.25. The van der Waals surface area contributed by atoms with Crippen molar-refractivity contribution in [3.05, 3.63) is 11.1 Å². The molecule has 0 spiro atoms. The van der Waals surface area contributed by atoms with Gasteiger partial charge in [0.15, 0.2) is 5.13 Å². The quantitative estimate of drug-likeness (QED) is 0.839. The van der Waals surface area contributed by atoms with E-state index in [9.17, 15) is 0 Å². The second-order valence-electron chi connectivity index (χ2n) is 5.74. The largest absolute Gasteiger partial charge is 0.376 e. The standard InChI is InChI=1S/C15H27N3OS/c1-4-8-19-14-6-5-7-18(10-14)15-17-13(11-20-15)9-16-12(2)3/h11-12,14,16H,4-10H2,1-3H3. The lowest BCUT2D eigenvalue weighted by molar-refractivity contribution is 0.0440. The Bertz CT molecular complexity index is 394. The lowest BCUT2D eigenvalue weighted by Gasteiger charge is -2.32.